The number of methoxy groups -OCH3 is 3. The van der Waals surface area contributed by atoms with Crippen molar-refractivity contribution in [2.45, 2.75) is 39.0 Å². The molecule has 0 bridgehead atoms. The molecule has 1 aromatic carbocycles. The van der Waals surface area contributed by atoms with E-state index in [2.05, 4.69) is 24.8 Å². The van der Waals surface area contributed by atoms with E-state index in [1.54, 1.807) is 38.1 Å². The SMILES string of the molecule is COC(=O)C[C@@H](C(=O)OC)[C@@H](NC(=O)[C@@H](NC(=O)OCc1ccccc1)C(C)C)C(=O)OC. The van der Waals surface area contributed by atoms with Crippen molar-refractivity contribution in [3.8, 4) is 0 Å². The molecule has 0 unspecified atom stereocenters. The highest BCUT2D eigenvalue weighted by Gasteiger charge is 2.40. The predicted octanol–water partition coefficient (Wildman–Crippen LogP) is 0.948. The summed E-state index contributed by atoms with van der Waals surface area (Å²) in [6.07, 6.45) is -1.39. The summed E-state index contributed by atoms with van der Waals surface area (Å²) in [7, 11) is 3.25. The molecule has 2 amide bonds. The number of amides is 2. The average Bonchev–Trinajstić information content (AvgIpc) is 2.82. The molecule has 0 heterocycles. The fourth-order valence-corrected chi connectivity index (χ4v) is 2.87. The third-order valence-corrected chi connectivity index (χ3v) is 4.71. The first-order chi connectivity index (χ1) is 15.6. The molecule has 0 aromatic heterocycles. The second-order valence-corrected chi connectivity index (χ2v) is 7.35. The standard InChI is InChI=1S/C22H30N2O9/c1-13(2)17(24-22(29)33-12-14-9-7-6-8-10-14)19(26)23-18(21(28)32-5)15(20(27)31-4)11-16(25)30-3/h6-10,13,15,17-18H,11-12H2,1-5H3,(H,23,26)(H,24,29)/t15-,17+,18-/m1/s1. The lowest BCUT2D eigenvalue weighted by Gasteiger charge is -2.27. The molecule has 1 rings (SSSR count). The van der Waals surface area contributed by atoms with Crippen LogP contribution in [0.4, 0.5) is 4.79 Å². The molecule has 0 radical (unpaired) electrons. The lowest BCUT2D eigenvalue weighted by Crippen LogP contribution is -2.57. The van der Waals surface area contributed by atoms with E-state index in [4.69, 9.17) is 4.74 Å². The van der Waals surface area contributed by atoms with Gasteiger partial charge in [0.1, 0.15) is 18.7 Å². The van der Waals surface area contributed by atoms with E-state index in [9.17, 15) is 24.0 Å². The van der Waals surface area contributed by atoms with Crippen LogP contribution in [0.3, 0.4) is 0 Å². The predicted molar refractivity (Wildman–Crippen MR) is 114 cm³/mol. The number of ether oxygens (including phenoxy) is 4. The van der Waals surface area contributed by atoms with Gasteiger partial charge in [0.25, 0.3) is 0 Å². The molecule has 2 N–H and O–H groups in total. The number of hydrogen-bond donors (Lipinski definition) is 2. The number of rotatable bonds is 11. The van der Waals surface area contributed by atoms with Crippen LogP contribution in [0.1, 0.15) is 25.8 Å². The highest BCUT2D eigenvalue weighted by Crippen LogP contribution is 2.15. The Morgan fingerprint density at radius 1 is 0.818 bits per heavy atom. The zero-order valence-corrected chi connectivity index (χ0v) is 19.3. The Kier molecular flexibility index (Phi) is 11.4. The van der Waals surface area contributed by atoms with Gasteiger partial charge in [0.05, 0.1) is 33.7 Å². The zero-order valence-electron chi connectivity index (χ0n) is 19.3. The fraction of sp³-hybridized carbons (Fsp3) is 0.500. The van der Waals surface area contributed by atoms with Crippen molar-refractivity contribution >= 4 is 29.9 Å². The van der Waals surface area contributed by atoms with Crippen LogP contribution < -0.4 is 10.6 Å². The second-order valence-electron chi connectivity index (χ2n) is 7.35. The van der Waals surface area contributed by atoms with E-state index >= 15 is 0 Å². The van der Waals surface area contributed by atoms with Crippen LogP contribution in [0.5, 0.6) is 0 Å². The number of carbonyl (C=O) groups is 5. The molecule has 0 aliphatic heterocycles. The zero-order chi connectivity index (χ0) is 25.0. The quantitative estimate of drug-likeness (QED) is 0.359. The van der Waals surface area contributed by atoms with Crippen LogP contribution in [0.25, 0.3) is 0 Å². The Hall–Kier alpha value is -3.63. The van der Waals surface area contributed by atoms with Gasteiger partial charge in [0.15, 0.2) is 0 Å². The van der Waals surface area contributed by atoms with E-state index in [0.717, 1.165) is 26.9 Å². The van der Waals surface area contributed by atoms with E-state index in [0.29, 0.717) is 0 Å². The van der Waals surface area contributed by atoms with E-state index < -0.39 is 60.2 Å². The largest absolute Gasteiger partial charge is 0.469 e. The maximum atomic E-state index is 12.9. The first-order valence-electron chi connectivity index (χ1n) is 10.1. The van der Waals surface area contributed by atoms with Crippen molar-refractivity contribution in [3.63, 3.8) is 0 Å². The molecule has 0 fully saturated rings. The highest BCUT2D eigenvalue weighted by atomic mass is 16.6. The number of esters is 3. The summed E-state index contributed by atoms with van der Waals surface area (Å²) >= 11 is 0. The Labute approximate surface area is 192 Å². The summed E-state index contributed by atoms with van der Waals surface area (Å²) in [5.74, 6) is -5.29. The van der Waals surface area contributed by atoms with Gasteiger partial charge in [-0.3, -0.25) is 14.4 Å². The molecule has 33 heavy (non-hydrogen) atoms. The summed E-state index contributed by atoms with van der Waals surface area (Å²) in [5, 5.41) is 4.83. The number of alkyl carbamates (subject to hydrolysis) is 1. The van der Waals surface area contributed by atoms with Crippen LogP contribution in [0.15, 0.2) is 30.3 Å². The molecule has 0 saturated carbocycles. The molecule has 182 valence electrons. The van der Waals surface area contributed by atoms with Crippen LogP contribution in [-0.4, -0.2) is 63.3 Å². The van der Waals surface area contributed by atoms with E-state index in [1.165, 1.54) is 0 Å². The van der Waals surface area contributed by atoms with Crippen molar-refractivity contribution in [1.29, 1.82) is 0 Å². The Morgan fingerprint density at radius 3 is 1.94 bits per heavy atom. The minimum Gasteiger partial charge on any atom is -0.469 e. The fourth-order valence-electron chi connectivity index (χ4n) is 2.87. The number of hydrogen-bond acceptors (Lipinski definition) is 9. The monoisotopic (exact) mass is 466 g/mol. The summed E-state index contributed by atoms with van der Waals surface area (Å²) in [6.45, 7) is 3.33. The molecule has 11 nitrogen and oxygen atoms in total. The van der Waals surface area contributed by atoms with Crippen molar-refractivity contribution < 1.29 is 42.9 Å². The van der Waals surface area contributed by atoms with Crippen molar-refractivity contribution in [1.82, 2.24) is 10.6 Å². The Balaban J connectivity index is 2.97. The van der Waals surface area contributed by atoms with Crippen LogP contribution in [-0.2, 0) is 44.7 Å². The van der Waals surface area contributed by atoms with E-state index in [1.807, 2.05) is 6.07 Å². The van der Waals surface area contributed by atoms with Gasteiger partial charge >= 0.3 is 24.0 Å². The third-order valence-electron chi connectivity index (χ3n) is 4.71. The van der Waals surface area contributed by atoms with Crippen LogP contribution >= 0.6 is 0 Å². The number of benzene rings is 1. The molecule has 3 atom stereocenters. The first-order valence-corrected chi connectivity index (χ1v) is 10.1. The van der Waals surface area contributed by atoms with Gasteiger partial charge in [0, 0.05) is 0 Å². The van der Waals surface area contributed by atoms with Crippen LogP contribution in [0, 0.1) is 11.8 Å². The van der Waals surface area contributed by atoms with Crippen LogP contribution in [0.2, 0.25) is 0 Å². The van der Waals surface area contributed by atoms with Gasteiger partial charge in [-0.2, -0.15) is 0 Å². The van der Waals surface area contributed by atoms with Gasteiger partial charge in [-0.15, -0.1) is 0 Å². The van der Waals surface area contributed by atoms with Crippen molar-refractivity contribution in [2.24, 2.45) is 11.8 Å². The number of carbonyl (C=O) groups excluding carboxylic acids is 5. The molecular formula is C22H30N2O9. The smallest absolute Gasteiger partial charge is 0.408 e. The highest BCUT2D eigenvalue weighted by molar-refractivity contribution is 5.93. The maximum Gasteiger partial charge on any atom is 0.408 e. The van der Waals surface area contributed by atoms with Gasteiger partial charge in [-0.1, -0.05) is 44.2 Å². The summed E-state index contributed by atoms with van der Waals surface area (Å²) in [6, 6.07) is 6.28. The molecule has 0 saturated heterocycles. The summed E-state index contributed by atoms with van der Waals surface area (Å²) in [5.41, 5.74) is 0.757. The van der Waals surface area contributed by atoms with Crippen molar-refractivity contribution in [3.05, 3.63) is 35.9 Å². The third kappa shape index (κ3) is 8.79. The lowest BCUT2D eigenvalue weighted by atomic mass is 9.94. The van der Waals surface area contributed by atoms with Gasteiger partial charge in [-0.05, 0) is 11.5 Å². The summed E-state index contributed by atoms with van der Waals surface area (Å²) < 4.78 is 19.1. The van der Waals surface area contributed by atoms with Gasteiger partial charge < -0.3 is 29.6 Å². The lowest BCUT2D eigenvalue weighted by molar-refractivity contribution is -0.159. The maximum absolute atomic E-state index is 12.9. The Morgan fingerprint density at radius 2 is 1.42 bits per heavy atom. The molecule has 0 spiro atoms. The topological polar surface area (TPSA) is 146 Å². The average molecular weight is 466 g/mol. The van der Waals surface area contributed by atoms with E-state index in [-0.39, 0.29) is 6.61 Å². The van der Waals surface area contributed by atoms with Crippen molar-refractivity contribution in [2.75, 3.05) is 21.3 Å². The molecule has 0 aliphatic carbocycles. The summed E-state index contributed by atoms with van der Waals surface area (Å²) in [4.78, 5) is 61.5. The Bertz CT molecular complexity index is 826. The number of nitrogens with one attached hydrogen (secondary N) is 2. The normalized spacial score (nSPS) is 13.2. The van der Waals surface area contributed by atoms with Gasteiger partial charge in [-0.25, -0.2) is 9.59 Å². The molecular weight excluding hydrogens is 436 g/mol. The first kappa shape index (κ1) is 27.4. The molecule has 0 aliphatic rings. The van der Waals surface area contributed by atoms with Gasteiger partial charge in [0.2, 0.25) is 5.91 Å². The minimum atomic E-state index is -1.56. The molecule has 1 aromatic rings. The molecule has 11 heteroatoms. The second kappa shape index (κ2) is 13.7. The minimum absolute atomic E-state index is 0.00651.